The molecule has 30 heavy (non-hydrogen) atoms. The van der Waals surface area contributed by atoms with Gasteiger partial charge in [-0.25, -0.2) is 0 Å². The van der Waals surface area contributed by atoms with E-state index < -0.39 is 0 Å². The van der Waals surface area contributed by atoms with Gasteiger partial charge in [0.1, 0.15) is 5.75 Å². The molecule has 3 aromatic rings. The van der Waals surface area contributed by atoms with Gasteiger partial charge < -0.3 is 10.1 Å². The second kappa shape index (κ2) is 11.5. The summed E-state index contributed by atoms with van der Waals surface area (Å²) in [6.45, 7) is 5.39. The van der Waals surface area contributed by atoms with Crippen molar-refractivity contribution in [2.24, 2.45) is 0 Å². The quantitative estimate of drug-likeness (QED) is 0.321. The number of carbonyl (C=O) groups is 1. The normalized spacial score (nSPS) is 10.6. The Morgan fingerprint density at radius 1 is 0.967 bits per heavy atom. The maximum absolute atomic E-state index is 12.4. The Morgan fingerprint density at radius 3 is 2.43 bits per heavy atom. The Bertz CT molecular complexity index is 936. The van der Waals surface area contributed by atoms with Crippen molar-refractivity contribution in [3.63, 3.8) is 0 Å². The molecule has 1 amide bonds. The SMILES string of the molecule is CCOc1ccccc1CCCNC(=O)c1ccc(CSc2ccc(C)cc2)cc1. The monoisotopic (exact) mass is 419 g/mol. The standard InChI is InChI=1S/C26H29NO2S/c1-3-29-25-9-5-4-7-22(25)8-6-18-27-26(28)23-14-12-21(13-15-23)19-30-24-16-10-20(2)11-17-24/h4-5,7,9-17H,3,6,8,18-19H2,1-2H3,(H,27,28). The van der Waals surface area contributed by atoms with Gasteiger partial charge >= 0.3 is 0 Å². The van der Waals surface area contributed by atoms with E-state index in [-0.39, 0.29) is 5.91 Å². The number of ether oxygens (including phenoxy) is 1. The second-order valence-electron chi connectivity index (χ2n) is 7.20. The van der Waals surface area contributed by atoms with Crippen molar-refractivity contribution >= 4 is 17.7 Å². The summed E-state index contributed by atoms with van der Waals surface area (Å²) < 4.78 is 5.66. The lowest BCUT2D eigenvalue weighted by molar-refractivity contribution is 0.0953. The highest BCUT2D eigenvalue weighted by molar-refractivity contribution is 7.98. The Kier molecular flexibility index (Phi) is 8.40. The lowest BCUT2D eigenvalue weighted by atomic mass is 10.1. The molecule has 3 rings (SSSR count). The van der Waals surface area contributed by atoms with Crippen molar-refractivity contribution in [1.82, 2.24) is 5.32 Å². The first-order valence-electron chi connectivity index (χ1n) is 10.4. The molecule has 0 bridgehead atoms. The molecule has 0 saturated heterocycles. The number of rotatable bonds is 10. The zero-order chi connectivity index (χ0) is 21.2. The van der Waals surface area contributed by atoms with Crippen LogP contribution in [0.3, 0.4) is 0 Å². The van der Waals surface area contributed by atoms with Crippen LogP contribution in [-0.4, -0.2) is 19.1 Å². The Labute approximate surface area is 183 Å². The van der Waals surface area contributed by atoms with Crippen LogP contribution in [-0.2, 0) is 12.2 Å². The number of benzene rings is 3. The third-order valence-corrected chi connectivity index (χ3v) is 5.91. The minimum Gasteiger partial charge on any atom is -0.494 e. The highest BCUT2D eigenvalue weighted by Gasteiger charge is 2.06. The van der Waals surface area contributed by atoms with E-state index in [2.05, 4.69) is 42.6 Å². The fourth-order valence-corrected chi connectivity index (χ4v) is 4.00. The first kappa shape index (κ1) is 22.0. The smallest absolute Gasteiger partial charge is 0.251 e. The zero-order valence-electron chi connectivity index (χ0n) is 17.7. The van der Waals surface area contributed by atoms with Crippen LogP contribution in [0.4, 0.5) is 0 Å². The predicted molar refractivity (Wildman–Crippen MR) is 125 cm³/mol. The van der Waals surface area contributed by atoms with Crippen LogP contribution in [0.2, 0.25) is 0 Å². The summed E-state index contributed by atoms with van der Waals surface area (Å²) in [7, 11) is 0. The van der Waals surface area contributed by atoms with Crippen LogP contribution >= 0.6 is 11.8 Å². The largest absolute Gasteiger partial charge is 0.494 e. The molecule has 156 valence electrons. The van der Waals surface area contributed by atoms with E-state index >= 15 is 0 Å². The number of aryl methyl sites for hydroxylation is 2. The Balaban J connectivity index is 1.43. The van der Waals surface area contributed by atoms with Gasteiger partial charge in [-0.1, -0.05) is 48.0 Å². The van der Waals surface area contributed by atoms with Crippen molar-refractivity contribution in [2.45, 2.75) is 37.3 Å². The zero-order valence-corrected chi connectivity index (χ0v) is 18.5. The maximum atomic E-state index is 12.4. The third kappa shape index (κ3) is 6.67. The molecule has 0 aromatic heterocycles. The number of thioether (sulfide) groups is 1. The van der Waals surface area contributed by atoms with E-state index in [0.717, 1.165) is 24.3 Å². The molecule has 0 aliphatic carbocycles. The lowest BCUT2D eigenvalue weighted by Crippen LogP contribution is -2.24. The fourth-order valence-electron chi connectivity index (χ4n) is 3.14. The number of amides is 1. The Morgan fingerprint density at radius 2 is 1.70 bits per heavy atom. The van der Waals surface area contributed by atoms with E-state index in [0.29, 0.717) is 18.7 Å². The first-order chi connectivity index (χ1) is 14.7. The van der Waals surface area contributed by atoms with Gasteiger partial charge in [-0.2, -0.15) is 0 Å². The van der Waals surface area contributed by atoms with Crippen LogP contribution in [0, 0.1) is 6.92 Å². The predicted octanol–water partition coefficient (Wildman–Crippen LogP) is 6.05. The summed E-state index contributed by atoms with van der Waals surface area (Å²) in [5.74, 6) is 1.81. The van der Waals surface area contributed by atoms with E-state index in [1.807, 2.05) is 49.4 Å². The molecule has 4 heteroatoms. The summed E-state index contributed by atoms with van der Waals surface area (Å²) in [6.07, 6.45) is 1.76. The first-order valence-corrected chi connectivity index (χ1v) is 11.4. The molecule has 0 saturated carbocycles. The lowest BCUT2D eigenvalue weighted by Gasteiger charge is -2.10. The molecule has 0 aliphatic heterocycles. The number of carbonyl (C=O) groups excluding carboxylic acids is 1. The van der Waals surface area contributed by atoms with Crippen molar-refractivity contribution in [1.29, 1.82) is 0 Å². The van der Waals surface area contributed by atoms with E-state index in [4.69, 9.17) is 4.74 Å². The van der Waals surface area contributed by atoms with Crippen LogP contribution in [0.25, 0.3) is 0 Å². The minimum atomic E-state index is -0.0224. The van der Waals surface area contributed by atoms with E-state index in [1.54, 1.807) is 11.8 Å². The third-order valence-electron chi connectivity index (χ3n) is 4.82. The van der Waals surface area contributed by atoms with Crippen LogP contribution < -0.4 is 10.1 Å². The molecule has 1 N–H and O–H groups in total. The average Bonchev–Trinajstić information content (AvgIpc) is 2.78. The van der Waals surface area contributed by atoms with Gasteiger partial charge in [-0.15, -0.1) is 11.8 Å². The summed E-state index contributed by atoms with van der Waals surface area (Å²) in [6, 6.07) is 24.5. The average molecular weight is 420 g/mol. The Hall–Kier alpha value is -2.72. The number of nitrogens with one attached hydrogen (secondary N) is 1. The van der Waals surface area contributed by atoms with Gasteiger partial charge in [0.05, 0.1) is 6.61 Å². The summed E-state index contributed by atoms with van der Waals surface area (Å²) in [5, 5.41) is 3.02. The second-order valence-corrected chi connectivity index (χ2v) is 8.25. The van der Waals surface area contributed by atoms with Crippen molar-refractivity contribution in [3.8, 4) is 5.75 Å². The van der Waals surface area contributed by atoms with Crippen molar-refractivity contribution in [3.05, 3.63) is 95.1 Å². The van der Waals surface area contributed by atoms with Crippen LogP contribution in [0.1, 0.15) is 40.4 Å². The van der Waals surface area contributed by atoms with Crippen LogP contribution in [0.5, 0.6) is 5.75 Å². The molecule has 0 heterocycles. The highest BCUT2D eigenvalue weighted by atomic mass is 32.2. The highest BCUT2D eigenvalue weighted by Crippen LogP contribution is 2.23. The molecule has 0 unspecified atom stereocenters. The van der Waals surface area contributed by atoms with Gasteiger partial charge in [-0.3, -0.25) is 4.79 Å². The molecule has 0 spiro atoms. The topological polar surface area (TPSA) is 38.3 Å². The molecule has 3 aromatic carbocycles. The molecule has 0 radical (unpaired) electrons. The van der Waals surface area contributed by atoms with Gasteiger partial charge in [0.25, 0.3) is 5.91 Å². The summed E-state index contributed by atoms with van der Waals surface area (Å²) in [5.41, 5.74) is 4.37. The molecular formula is C26H29NO2S. The van der Waals surface area contributed by atoms with E-state index in [1.165, 1.54) is 21.6 Å². The minimum absolute atomic E-state index is 0.0224. The fraction of sp³-hybridized carbons (Fsp3) is 0.269. The summed E-state index contributed by atoms with van der Waals surface area (Å²) in [4.78, 5) is 13.7. The number of hydrogen-bond acceptors (Lipinski definition) is 3. The molecule has 0 fully saturated rings. The van der Waals surface area contributed by atoms with E-state index in [9.17, 15) is 4.79 Å². The molecular weight excluding hydrogens is 390 g/mol. The maximum Gasteiger partial charge on any atom is 0.251 e. The number of hydrogen-bond donors (Lipinski definition) is 1. The van der Waals surface area contributed by atoms with Crippen molar-refractivity contribution in [2.75, 3.05) is 13.2 Å². The van der Waals surface area contributed by atoms with Gasteiger partial charge in [0.2, 0.25) is 0 Å². The van der Waals surface area contributed by atoms with Gasteiger partial charge in [0.15, 0.2) is 0 Å². The molecule has 0 atom stereocenters. The van der Waals surface area contributed by atoms with Crippen LogP contribution in [0.15, 0.2) is 77.7 Å². The van der Waals surface area contributed by atoms with Gasteiger partial charge in [-0.05, 0) is 68.1 Å². The molecule has 3 nitrogen and oxygen atoms in total. The molecule has 0 aliphatic rings. The van der Waals surface area contributed by atoms with Gasteiger partial charge in [0, 0.05) is 22.8 Å². The van der Waals surface area contributed by atoms with Crippen molar-refractivity contribution < 1.29 is 9.53 Å². The summed E-state index contributed by atoms with van der Waals surface area (Å²) >= 11 is 1.80. The number of para-hydroxylation sites is 1.